The minimum atomic E-state index is -1.04. The van der Waals surface area contributed by atoms with Gasteiger partial charge in [-0.1, -0.05) is 6.92 Å². The molecule has 17 heavy (non-hydrogen) atoms. The molecule has 1 aliphatic heterocycles. The van der Waals surface area contributed by atoms with Gasteiger partial charge in [-0.25, -0.2) is 9.59 Å². The Bertz CT molecular complexity index is 304. The number of nitrogens with one attached hydrogen (secondary N) is 1. The molecule has 2 amide bonds. The number of piperidine rings is 1. The second-order valence-electron chi connectivity index (χ2n) is 4.77. The average Bonchev–Trinajstić information content (AvgIpc) is 2.23. The highest BCUT2D eigenvalue weighted by Gasteiger charge is 2.32. The van der Waals surface area contributed by atoms with Crippen LogP contribution in [0.4, 0.5) is 4.79 Å². The molecule has 0 saturated carbocycles. The van der Waals surface area contributed by atoms with Crippen LogP contribution in [0.25, 0.3) is 0 Å². The van der Waals surface area contributed by atoms with Gasteiger partial charge in [0.05, 0.1) is 12.1 Å². The molecular formula is C11H20N2O4. The predicted octanol–water partition coefficient (Wildman–Crippen LogP) is 0.406. The van der Waals surface area contributed by atoms with E-state index in [1.165, 1.54) is 4.90 Å². The number of urea groups is 1. The summed E-state index contributed by atoms with van der Waals surface area (Å²) in [5.74, 6) is -1.04. The molecule has 98 valence electrons. The van der Waals surface area contributed by atoms with E-state index in [2.05, 4.69) is 5.32 Å². The van der Waals surface area contributed by atoms with Crippen LogP contribution in [0.15, 0.2) is 0 Å². The van der Waals surface area contributed by atoms with Crippen LogP contribution in [0.5, 0.6) is 0 Å². The largest absolute Gasteiger partial charge is 0.480 e. The summed E-state index contributed by atoms with van der Waals surface area (Å²) in [6.07, 6.45) is 1.72. The van der Waals surface area contributed by atoms with Gasteiger partial charge in [0.2, 0.25) is 0 Å². The zero-order valence-electron chi connectivity index (χ0n) is 10.3. The number of carboxylic acids is 1. The Morgan fingerprint density at radius 2 is 2.18 bits per heavy atom. The van der Waals surface area contributed by atoms with Crippen molar-refractivity contribution in [3.63, 3.8) is 0 Å². The Labute approximate surface area is 101 Å². The lowest BCUT2D eigenvalue weighted by molar-refractivity contribution is -0.139. The topological polar surface area (TPSA) is 89.9 Å². The fourth-order valence-electron chi connectivity index (χ4n) is 1.97. The van der Waals surface area contributed by atoms with Crippen LogP contribution in [0.2, 0.25) is 0 Å². The summed E-state index contributed by atoms with van der Waals surface area (Å²) < 4.78 is 0. The molecule has 0 aliphatic carbocycles. The number of hydrogen-bond donors (Lipinski definition) is 3. The zero-order chi connectivity index (χ0) is 13.1. The highest BCUT2D eigenvalue weighted by Crippen LogP contribution is 2.20. The highest BCUT2D eigenvalue weighted by atomic mass is 16.4. The first-order chi connectivity index (χ1) is 7.85. The number of carbonyl (C=O) groups is 2. The van der Waals surface area contributed by atoms with Gasteiger partial charge >= 0.3 is 12.0 Å². The maximum absolute atomic E-state index is 11.8. The van der Waals surface area contributed by atoms with E-state index in [-0.39, 0.29) is 6.54 Å². The van der Waals surface area contributed by atoms with Gasteiger partial charge in [-0.3, -0.25) is 0 Å². The third-order valence-corrected chi connectivity index (χ3v) is 2.97. The summed E-state index contributed by atoms with van der Waals surface area (Å²) in [7, 11) is 0. The SMILES string of the molecule is CC[C@H](NC(=O)N1CCCC(C)(O)C1)C(=O)O. The number of likely N-dealkylation sites (tertiary alicyclic amines) is 1. The third-order valence-electron chi connectivity index (χ3n) is 2.97. The quantitative estimate of drug-likeness (QED) is 0.670. The van der Waals surface area contributed by atoms with E-state index in [4.69, 9.17) is 5.11 Å². The molecule has 0 radical (unpaired) electrons. The van der Waals surface area contributed by atoms with Crippen molar-refractivity contribution in [2.24, 2.45) is 0 Å². The molecule has 6 heteroatoms. The summed E-state index contributed by atoms with van der Waals surface area (Å²) in [6, 6.07) is -1.28. The number of aliphatic carboxylic acids is 1. The van der Waals surface area contributed by atoms with Gasteiger partial charge in [0.15, 0.2) is 0 Å². The summed E-state index contributed by atoms with van der Waals surface area (Å²) in [5, 5.41) is 21.1. The van der Waals surface area contributed by atoms with Gasteiger partial charge in [-0.15, -0.1) is 0 Å². The Hall–Kier alpha value is -1.30. The van der Waals surface area contributed by atoms with Crippen LogP contribution in [0.3, 0.4) is 0 Å². The fraction of sp³-hybridized carbons (Fsp3) is 0.818. The predicted molar refractivity (Wildman–Crippen MR) is 61.7 cm³/mol. The van der Waals surface area contributed by atoms with Crippen molar-refractivity contribution in [1.82, 2.24) is 10.2 Å². The standard InChI is InChI=1S/C11H20N2O4/c1-3-8(9(14)15)12-10(16)13-6-4-5-11(2,17)7-13/h8,17H,3-7H2,1-2H3,(H,12,16)(H,14,15)/t8-,11?/m0/s1. The second kappa shape index (κ2) is 5.35. The van der Waals surface area contributed by atoms with Crippen molar-refractivity contribution in [2.45, 2.75) is 44.8 Å². The molecule has 0 aromatic heterocycles. The Kier molecular flexibility index (Phi) is 4.34. The number of aliphatic hydroxyl groups is 1. The first-order valence-corrected chi connectivity index (χ1v) is 5.86. The minimum Gasteiger partial charge on any atom is -0.480 e. The van der Waals surface area contributed by atoms with Gasteiger partial charge in [0.25, 0.3) is 0 Å². The normalized spacial score (nSPS) is 26.4. The Morgan fingerprint density at radius 1 is 1.53 bits per heavy atom. The van der Waals surface area contributed by atoms with Crippen LogP contribution >= 0.6 is 0 Å². The lowest BCUT2D eigenvalue weighted by atomic mass is 9.95. The maximum Gasteiger partial charge on any atom is 0.326 e. The first-order valence-electron chi connectivity index (χ1n) is 5.86. The number of β-amino-alcohol motifs (C(OH)–C–C–N with tert-alkyl or cyclic N) is 1. The second-order valence-corrected chi connectivity index (χ2v) is 4.77. The molecule has 1 fully saturated rings. The summed E-state index contributed by atoms with van der Waals surface area (Å²) in [6.45, 7) is 4.18. The molecule has 1 heterocycles. The molecule has 2 atom stereocenters. The number of carbonyl (C=O) groups excluding carboxylic acids is 1. The lowest BCUT2D eigenvalue weighted by Gasteiger charge is -2.37. The van der Waals surface area contributed by atoms with Crippen molar-refractivity contribution < 1.29 is 19.8 Å². The smallest absolute Gasteiger partial charge is 0.326 e. The van der Waals surface area contributed by atoms with Crippen LogP contribution < -0.4 is 5.32 Å². The third kappa shape index (κ3) is 3.89. The van der Waals surface area contributed by atoms with Gasteiger partial charge in [0.1, 0.15) is 6.04 Å². The average molecular weight is 244 g/mol. The number of rotatable bonds is 3. The van der Waals surface area contributed by atoms with E-state index < -0.39 is 23.6 Å². The number of nitrogens with zero attached hydrogens (tertiary/aromatic N) is 1. The molecule has 1 saturated heterocycles. The van der Waals surface area contributed by atoms with E-state index >= 15 is 0 Å². The number of hydrogen-bond acceptors (Lipinski definition) is 3. The lowest BCUT2D eigenvalue weighted by Crippen LogP contribution is -2.54. The Balaban J connectivity index is 2.55. The van der Waals surface area contributed by atoms with Crippen LogP contribution in [0, 0.1) is 0 Å². The summed E-state index contributed by atoms with van der Waals surface area (Å²) in [5.41, 5.74) is -0.874. The molecule has 3 N–H and O–H groups in total. The molecule has 0 bridgehead atoms. The van der Waals surface area contributed by atoms with E-state index in [1.807, 2.05) is 0 Å². The molecule has 0 spiro atoms. The van der Waals surface area contributed by atoms with Gasteiger partial charge in [-0.2, -0.15) is 0 Å². The van der Waals surface area contributed by atoms with E-state index in [1.54, 1.807) is 13.8 Å². The van der Waals surface area contributed by atoms with Crippen molar-refractivity contribution in [1.29, 1.82) is 0 Å². The van der Waals surface area contributed by atoms with Gasteiger partial charge in [-0.05, 0) is 26.2 Å². The van der Waals surface area contributed by atoms with Crippen molar-refractivity contribution in [2.75, 3.05) is 13.1 Å². The van der Waals surface area contributed by atoms with Gasteiger partial charge < -0.3 is 20.4 Å². The monoisotopic (exact) mass is 244 g/mol. The van der Waals surface area contributed by atoms with Crippen LogP contribution in [0.1, 0.15) is 33.1 Å². The molecular weight excluding hydrogens is 224 g/mol. The van der Waals surface area contributed by atoms with E-state index in [0.717, 1.165) is 6.42 Å². The Morgan fingerprint density at radius 3 is 2.65 bits per heavy atom. The van der Waals surface area contributed by atoms with Crippen molar-refractivity contribution in [3.05, 3.63) is 0 Å². The fourth-order valence-corrected chi connectivity index (χ4v) is 1.97. The minimum absolute atomic E-state index is 0.245. The first kappa shape index (κ1) is 13.8. The molecule has 1 aliphatic rings. The zero-order valence-corrected chi connectivity index (χ0v) is 10.3. The molecule has 6 nitrogen and oxygen atoms in total. The van der Waals surface area contributed by atoms with Crippen LogP contribution in [-0.4, -0.2) is 51.8 Å². The molecule has 0 aromatic carbocycles. The number of carboxylic acid groups (broad SMARTS) is 1. The molecule has 0 aromatic rings. The maximum atomic E-state index is 11.8. The van der Waals surface area contributed by atoms with Crippen molar-refractivity contribution >= 4 is 12.0 Å². The highest BCUT2D eigenvalue weighted by molar-refractivity contribution is 5.82. The van der Waals surface area contributed by atoms with Gasteiger partial charge in [0, 0.05) is 6.54 Å². The van der Waals surface area contributed by atoms with Crippen LogP contribution in [-0.2, 0) is 4.79 Å². The van der Waals surface area contributed by atoms with Crippen molar-refractivity contribution in [3.8, 4) is 0 Å². The van der Waals surface area contributed by atoms with E-state index in [9.17, 15) is 14.7 Å². The van der Waals surface area contributed by atoms with E-state index in [0.29, 0.717) is 19.4 Å². The summed E-state index contributed by atoms with van der Waals surface area (Å²) >= 11 is 0. The number of amides is 2. The molecule has 1 unspecified atom stereocenters. The molecule has 1 rings (SSSR count). The summed E-state index contributed by atoms with van der Waals surface area (Å²) in [4.78, 5) is 24.1.